The second-order valence-corrected chi connectivity index (χ2v) is 20.0. The van der Waals surface area contributed by atoms with E-state index in [0.29, 0.717) is 0 Å². The molecule has 6 aromatic rings. The second-order valence-electron chi connectivity index (χ2n) is 15.3. The van der Waals surface area contributed by atoms with Crippen LogP contribution in [-0.2, 0) is 0 Å². The normalized spacial score (nSPS) is 22.2. The number of benzene rings is 1. The number of aliphatic imine (C=N–C) groups is 2. The molecular formula is C47H39N7Si. The van der Waals surface area contributed by atoms with Crippen LogP contribution in [0.15, 0.2) is 162 Å². The number of hydrogen-bond acceptors (Lipinski definition) is 5. The zero-order valence-corrected chi connectivity index (χ0v) is 32.2. The minimum absolute atomic E-state index is 0.140. The van der Waals surface area contributed by atoms with Gasteiger partial charge in [0, 0.05) is 81.5 Å². The molecule has 5 aromatic heterocycles. The van der Waals surface area contributed by atoms with Gasteiger partial charge in [-0.15, -0.1) is 5.54 Å². The first kappa shape index (κ1) is 34.1. The van der Waals surface area contributed by atoms with E-state index in [1.807, 2.05) is 61.4 Å². The lowest BCUT2D eigenvalue weighted by Crippen LogP contribution is -2.29. The molecule has 0 fully saturated rings. The van der Waals surface area contributed by atoms with E-state index in [0.717, 1.165) is 83.7 Å². The van der Waals surface area contributed by atoms with Crippen LogP contribution in [0.5, 0.6) is 0 Å². The van der Waals surface area contributed by atoms with Crippen LogP contribution in [0.25, 0.3) is 16.7 Å². The summed E-state index contributed by atoms with van der Waals surface area (Å²) in [7, 11) is -1.53. The lowest BCUT2D eigenvalue weighted by Gasteiger charge is -2.30. The Morgan fingerprint density at radius 3 is 1.85 bits per heavy atom. The number of aromatic amines is 2. The summed E-state index contributed by atoms with van der Waals surface area (Å²) >= 11 is 0. The second kappa shape index (κ2) is 13.6. The van der Waals surface area contributed by atoms with Gasteiger partial charge in [0.2, 0.25) is 0 Å². The maximum Gasteiger partial charge on any atom is 0.129 e. The van der Waals surface area contributed by atoms with Crippen LogP contribution in [0.1, 0.15) is 52.0 Å². The van der Waals surface area contributed by atoms with Crippen molar-refractivity contribution in [3.8, 4) is 11.5 Å². The summed E-state index contributed by atoms with van der Waals surface area (Å²) < 4.78 is 0. The zero-order chi connectivity index (χ0) is 37.6. The Bertz CT molecular complexity index is 2790. The topological polar surface area (TPSA) is 95.0 Å². The van der Waals surface area contributed by atoms with Crippen LogP contribution in [0.4, 0.5) is 0 Å². The van der Waals surface area contributed by atoms with Gasteiger partial charge in [0.15, 0.2) is 0 Å². The van der Waals surface area contributed by atoms with Crippen molar-refractivity contribution in [3.63, 3.8) is 0 Å². The largest absolute Gasteiger partial charge is 0.358 e. The summed E-state index contributed by atoms with van der Waals surface area (Å²) in [5.41, 5.74) is 15.7. The predicted molar refractivity (Wildman–Crippen MR) is 225 cm³/mol. The summed E-state index contributed by atoms with van der Waals surface area (Å²) in [6, 6.07) is 29.6. The van der Waals surface area contributed by atoms with Gasteiger partial charge in [-0.2, -0.15) is 0 Å². The number of allylic oxidation sites excluding steroid dienone is 3. The van der Waals surface area contributed by atoms with Crippen molar-refractivity contribution in [2.45, 2.75) is 38.0 Å². The molecule has 266 valence electrons. The van der Waals surface area contributed by atoms with Crippen molar-refractivity contribution in [3.05, 3.63) is 202 Å². The van der Waals surface area contributed by atoms with Crippen molar-refractivity contribution in [2.24, 2.45) is 9.98 Å². The van der Waals surface area contributed by atoms with Gasteiger partial charge in [0.1, 0.15) is 8.07 Å². The Morgan fingerprint density at radius 1 is 0.600 bits per heavy atom. The van der Waals surface area contributed by atoms with E-state index < -0.39 is 13.6 Å². The van der Waals surface area contributed by atoms with Crippen LogP contribution in [0.2, 0.25) is 19.6 Å². The molecule has 0 aliphatic carbocycles. The minimum Gasteiger partial charge on any atom is -0.358 e. The average Bonchev–Trinajstić information content (AvgIpc) is 4.03. The molecule has 3 aliphatic heterocycles. The van der Waals surface area contributed by atoms with Gasteiger partial charge in [-0.25, -0.2) is 4.99 Å². The Labute approximate surface area is 321 Å². The van der Waals surface area contributed by atoms with Gasteiger partial charge in [0.05, 0.1) is 28.6 Å². The van der Waals surface area contributed by atoms with Crippen molar-refractivity contribution in [2.75, 3.05) is 0 Å². The number of nitrogens with zero attached hydrogens (tertiary/aromatic N) is 5. The van der Waals surface area contributed by atoms with Crippen molar-refractivity contribution < 1.29 is 0 Å². The quantitative estimate of drug-likeness (QED) is 0.145. The molecule has 9 rings (SSSR count). The smallest absolute Gasteiger partial charge is 0.129 e. The third-order valence-electron chi connectivity index (χ3n) is 10.2. The average molecular weight is 730 g/mol. The fraction of sp³-hybridized carbons (Fsp3) is 0.128. The summed E-state index contributed by atoms with van der Waals surface area (Å²) in [4.78, 5) is 31.7. The number of hydrogen-bond donors (Lipinski definition) is 2. The highest BCUT2D eigenvalue weighted by Gasteiger charge is 2.39. The fourth-order valence-electron chi connectivity index (χ4n) is 7.66. The molecule has 55 heavy (non-hydrogen) atoms. The van der Waals surface area contributed by atoms with Crippen molar-refractivity contribution in [1.82, 2.24) is 24.9 Å². The third-order valence-corrected chi connectivity index (χ3v) is 11.1. The van der Waals surface area contributed by atoms with Crippen LogP contribution >= 0.6 is 0 Å². The van der Waals surface area contributed by atoms with E-state index in [-0.39, 0.29) is 5.92 Å². The molecule has 8 heterocycles. The number of rotatable bonds is 4. The van der Waals surface area contributed by atoms with Crippen LogP contribution < -0.4 is 10.7 Å². The first-order valence-electron chi connectivity index (χ1n) is 18.5. The highest BCUT2D eigenvalue weighted by molar-refractivity contribution is 6.83. The molecular weight excluding hydrogens is 691 g/mol. The van der Waals surface area contributed by atoms with Gasteiger partial charge in [-0.05, 0) is 120 Å². The SMILES string of the molecule is CC12C=CC(=N1)/C(c1ccc(C#C[Si](C)(C)C)cc1)=c1/cc/c([nH]1)=C(\c1ccncc1)C1=N/C(=C(/c3ccncc3)c3ccc([nH]3)C2c2ccncc2)C=C1. The molecule has 7 nitrogen and oxygen atoms in total. The van der Waals surface area contributed by atoms with Crippen molar-refractivity contribution in [1.29, 1.82) is 0 Å². The first-order valence-corrected chi connectivity index (χ1v) is 22.0. The highest BCUT2D eigenvalue weighted by atomic mass is 28.3. The molecule has 0 radical (unpaired) electrons. The lowest BCUT2D eigenvalue weighted by atomic mass is 9.79. The Balaban J connectivity index is 1.35. The lowest BCUT2D eigenvalue weighted by molar-refractivity contribution is 0.516. The van der Waals surface area contributed by atoms with Gasteiger partial charge in [-0.3, -0.25) is 19.9 Å². The maximum absolute atomic E-state index is 5.63. The summed E-state index contributed by atoms with van der Waals surface area (Å²) in [5.74, 6) is 3.28. The summed E-state index contributed by atoms with van der Waals surface area (Å²) in [6.45, 7) is 9.01. The molecule has 8 heteroatoms. The summed E-state index contributed by atoms with van der Waals surface area (Å²) in [5, 5.41) is 1.90. The molecule has 0 amide bonds. The molecule has 2 unspecified atom stereocenters. The number of nitrogens with one attached hydrogen (secondary N) is 2. The highest BCUT2D eigenvalue weighted by Crippen LogP contribution is 2.42. The molecule has 2 N–H and O–H groups in total. The molecule has 8 bridgehead atoms. The minimum atomic E-state index is -1.53. The van der Waals surface area contributed by atoms with E-state index in [4.69, 9.17) is 9.98 Å². The van der Waals surface area contributed by atoms with Gasteiger partial charge in [0.25, 0.3) is 0 Å². The van der Waals surface area contributed by atoms with Gasteiger partial charge < -0.3 is 9.97 Å². The van der Waals surface area contributed by atoms with Crippen molar-refractivity contribution >= 4 is 36.2 Å². The number of aromatic nitrogens is 5. The molecule has 0 saturated carbocycles. The number of H-pyrrole nitrogens is 2. The third kappa shape index (κ3) is 6.60. The van der Waals surface area contributed by atoms with E-state index in [9.17, 15) is 0 Å². The Hall–Kier alpha value is -6.69. The van der Waals surface area contributed by atoms with Crippen LogP contribution in [-0.4, -0.2) is 50.0 Å². The van der Waals surface area contributed by atoms with Crippen LogP contribution in [0, 0.1) is 11.5 Å². The number of fused-ring (bicyclic) bond motifs is 6. The molecule has 0 saturated heterocycles. The predicted octanol–water partition coefficient (Wildman–Crippen LogP) is 7.54. The molecule has 3 aliphatic rings. The van der Waals surface area contributed by atoms with Crippen LogP contribution in [0.3, 0.4) is 0 Å². The first-order chi connectivity index (χ1) is 26.7. The van der Waals surface area contributed by atoms with E-state index in [1.165, 1.54) is 0 Å². The number of pyridine rings is 3. The Morgan fingerprint density at radius 2 is 1.20 bits per heavy atom. The van der Waals surface area contributed by atoms with Gasteiger partial charge >= 0.3 is 0 Å². The zero-order valence-electron chi connectivity index (χ0n) is 31.2. The van der Waals surface area contributed by atoms with Gasteiger partial charge in [-0.1, -0.05) is 43.8 Å². The molecule has 1 aromatic carbocycles. The maximum atomic E-state index is 5.63. The monoisotopic (exact) mass is 729 g/mol. The van der Waals surface area contributed by atoms with E-state index >= 15 is 0 Å². The fourth-order valence-corrected chi connectivity index (χ4v) is 8.18. The molecule has 2 atom stereocenters. The van der Waals surface area contributed by atoms with E-state index in [2.05, 4.69) is 148 Å². The standard InChI is InChI=1S/C47H39N7Si/c1-47-23-15-41(54-47)45(32-7-5-31(6-8-32)22-30-55(2,3)4)40-12-11-37(52-40)43(33-16-24-48-25-17-33)36-9-10-38(51-36)44(34-18-26-49-27-19-34)39-13-14-42(53-39)46(47)35-20-28-50-29-21-35/h5-21,23-29,46,52-53H,1-4H3/b43-37-,44-38-,45-40-. The summed E-state index contributed by atoms with van der Waals surface area (Å²) in [6.07, 6.45) is 19.7. The van der Waals surface area contributed by atoms with E-state index in [1.54, 1.807) is 0 Å². The molecule has 0 spiro atoms. The Kier molecular flexibility index (Phi) is 8.44.